The first-order valence-electron chi connectivity index (χ1n) is 7.07. The summed E-state index contributed by atoms with van der Waals surface area (Å²) in [5.41, 5.74) is 9.41. The van der Waals surface area contributed by atoms with Gasteiger partial charge in [-0.2, -0.15) is 0 Å². The van der Waals surface area contributed by atoms with Gasteiger partial charge >= 0.3 is 0 Å². The smallest absolute Gasteiger partial charge is 0.249 e. The van der Waals surface area contributed by atoms with E-state index in [-0.39, 0.29) is 5.91 Å². The van der Waals surface area contributed by atoms with E-state index in [9.17, 15) is 4.79 Å². The highest BCUT2D eigenvalue weighted by Crippen LogP contribution is 2.22. The van der Waals surface area contributed by atoms with Crippen molar-refractivity contribution in [1.29, 1.82) is 0 Å². The van der Waals surface area contributed by atoms with Crippen molar-refractivity contribution in [3.63, 3.8) is 0 Å². The molecule has 0 fully saturated rings. The van der Waals surface area contributed by atoms with Crippen LogP contribution in [-0.2, 0) is 17.8 Å². The summed E-state index contributed by atoms with van der Waals surface area (Å²) in [6, 6.07) is 5.54. The van der Waals surface area contributed by atoms with E-state index in [0.717, 1.165) is 28.9 Å². The lowest BCUT2D eigenvalue weighted by atomic mass is 10.1. The Kier molecular flexibility index (Phi) is 4.70. The number of nitrogens with zero attached hydrogens (tertiary/aromatic N) is 3. The Morgan fingerprint density at radius 1 is 1.48 bits per heavy atom. The van der Waals surface area contributed by atoms with Gasteiger partial charge in [-0.3, -0.25) is 4.79 Å². The SMILES string of the molecule is CCc1cccc(C)c1NC(=O)C(C)n1nncc1CN. The number of nitrogens with one attached hydrogen (secondary N) is 1. The van der Waals surface area contributed by atoms with E-state index in [0.29, 0.717) is 6.54 Å². The Bertz CT molecular complexity index is 635. The Labute approximate surface area is 124 Å². The molecule has 6 heteroatoms. The van der Waals surface area contributed by atoms with Crippen molar-refractivity contribution in [3.05, 3.63) is 41.2 Å². The summed E-state index contributed by atoms with van der Waals surface area (Å²) in [6.07, 6.45) is 2.44. The number of carbonyl (C=O) groups is 1. The first-order chi connectivity index (χ1) is 10.1. The second-order valence-corrected chi connectivity index (χ2v) is 5.00. The van der Waals surface area contributed by atoms with Crippen molar-refractivity contribution in [1.82, 2.24) is 15.0 Å². The molecule has 1 unspecified atom stereocenters. The molecule has 1 amide bonds. The lowest BCUT2D eigenvalue weighted by Gasteiger charge is -2.17. The molecule has 0 spiro atoms. The van der Waals surface area contributed by atoms with Crippen molar-refractivity contribution in [2.75, 3.05) is 5.32 Å². The average Bonchev–Trinajstić information content (AvgIpc) is 2.96. The molecule has 1 aromatic carbocycles. The number of benzene rings is 1. The summed E-state index contributed by atoms with van der Waals surface area (Å²) in [6.45, 7) is 6.14. The molecule has 0 saturated heterocycles. The van der Waals surface area contributed by atoms with Crippen LogP contribution in [0, 0.1) is 6.92 Å². The molecule has 112 valence electrons. The molecular weight excluding hydrogens is 266 g/mol. The van der Waals surface area contributed by atoms with E-state index >= 15 is 0 Å². The summed E-state index contributed by atoms with van der Waals surface area (Å²) in [5, 5.41) is 10.7. The van der Waals surface area contributed by atoms with Gasteiger partial charge in [-0.25, -0.2) is 4.68 Å². The number of aryl methyl sites for hydroxylation is 2. The van der Waals surface area contributed by atoms with Crippen LogP contribution in [0.5, 0.6) is 0 Å². The second kappa shape index (κ2) is 6.49. The van der Waals surface area contributed by atoms with Crippen LogP contribution in [0.1, 0.15) is 36.7 Å². The third kappa shape index (κ3) is 3.11. The van der Waals surface area contributed by atoms with E-state index in [1.54, 1.807) is 17.8 Å². The number of rotatable bonds is 5. The summed E-state index contributed by atoms with van der Waals surface area (Å²) < 4.78 is 1.55. The van der Waals surface area contributed by atoms with Crippen LogP contribution in [0.4, 0.5) is 5.69 Å². The van der Waals surface area contributed by atoms with Gasteiger partial charge in [0.2, 0.25) is 5.91 Å². The van der Waals surface area contributed by atoms with Crippen LogP contribution >= 0.6 is 0 Å². The van der Waals surface area contributed by atoms with Gasteiger partial charge < -0.3 is 11.1 Å². The number of aromatic nitrogens is 3. The molecule has 1 aromatic heterocycles. The van der Waals surface area contributed by atoms with Gasteiger partial charge in [0.25, 0.3) is 0 Å². The molecule has 21 heavy (non-hydrogen) atoms. The van der Waals surface area contributed by atoms with Crippen molar-refractivity contribution < 1.29 is 4.79 Å². The number of carbonyl (C=O) groups excluding carboxylic acids is 1. The van der Waals surface area contributed by atoms with Crippen LogP contribution in [-0.4, -0.2) is 20.9 Å². The minimum absolute atomic E-state index is 0.126. The van der Waals surface area contributed by atoms with Crippen LogP contribution < -0.4 is 11.1 Å². The predicted octanol–water partition coefficient (Wildman–Crippen LogP) is 1.81. The van der Waals surface area contributed by atoms with E-state index in [1.807, 2.05) is 25.1 Å². The maximum absolute atomic E-state index is 12.5. The molecule has 2 rings (SSSR count). The van der Waals surface area contributed by atoms with E-state index < -0.39 is 6.04 Å². The molecule has 6 nitrogen and oxygen atoms in total. The van der Waals surface area contributed by atoms with Gasteiger partial charge in [0.15, 0.2) is 0 Å². The van der Waals surface area contributed by atoms with Gasteiger partial charge in [0.05, 0.1) is 11.9 Å². The minimum atomic E-state index is -0.463. The van der Waals surface area contributed by atoms with Gasteiger partial charge in [0, 0.05) is 12.2 Å². The molecule has 1 heterocycles. The van der Waals surface area contributed by atoms with E-state index in [4.69, 9.17) is 5.73 Å². The zero-order valence-electron chi connectivity index (χ0n) is 12.6. The van der Waals surface area contributed by atoms with Gasteiger partial charge in [-0.15, -0.1) is 5.10 Å². The molecule has 0 aliphatic rings. The molecule has 0 bridgehead atoms. The summed E-state index contributed by atoms with van der Waals surface area (Å²) in [7, 11) is 0. The lowest BCUT2D eigenvalue weighted by Crippen LogP contribution is -2.27. The van der Waals surface area contributed by atoms with Crippen LogP contribution in [0.15, 0.2) is 24.4 Å². The monoisotopic (exact) mass is 287 g/mol. The average molecular weight is 287 g/mol. The molecule has 2 aromatic rings. The fourth-order valence-electron chi connectivity index (χ4n) is 2.28. The highest BCUT2D eigenvalue weighted by Gasteiger charge is 2.20. The van der Waals surface area contributed by atoms with Crippen LogP contribution in [0.3, 0.4) is 0 Å². The first kappa shape index (κ1) is 15.2. The molecule has 3 N–H and O–H groups in total. The van der Waals surface area contributed by atoms with Gasteiger partial charge in [-0.05, 0) is 31.4 Å². The third-order valence-electron chi connectivity index (χ3n) is 3.59. The molecular formula is C15H21N5O. The highest BCUT2D eigenvalue weighted by molar-refractivity contribution is 5.94. The van der Waals surface area contributed by atoms with Crippen LogP contribution in [0.25, 0.3) is 0 Å². The number of para-hydroxylation sites is 1. The number of hydrogen-bond acceptors (Lipinski definition) is 4. The zero-order chi connectivity index (χ0) is 15.4. The second-order valence-electron chi connectivity index (χ2n) is 5.00. The van der Waals surface area contributed by atoms with E-state index in [2.05, 4.69) is 22.6 Å². The Morgan fingerprint density at radius 3 is 2.90 bits per heavy atom. The van der Waals surface area contributed by atoms with Crippen LogP contribution in [0.2, 0.25) is 0 Å². The van der Waals surface area contributed by atoms with Gasteiger partial charge in [-0.1, -0.05) is 30.3 Å². The number of hydrogen-bond donors (Lipinski definition) is 2. The fraction of sp³-hybridized carbons (Fsp3) is 0.400. The minimum Gasteiger partial charge on any atom is -0.325 e. The first-order valence-corrected chi connectivity index (χ1v) is 7.07. The highest BCUT2D eigenvalue weighted by atomic mass is 16.2. The summed E-state index contributed by atoms with van der Waals surface area (Å²) in [5.74, 6) is -0.126. The van der Waals surface area contributed by atoms with Crippen molar-refractivity contribution in [2.45, 2.75) is 39.8 Å². The molecule has 1 atom stereocenters. The number of anilines is 1. The lowest BCUT2D eigenvalue weighted by molar-refractivity contribution is -0.119. The summed E-state index contributed by atoms with van der Waals surface area (Å²) in [4.78, 5) is 12.5. The van der Waals surface area contributed by atoms with Crippen molar-refractivity contribution >= 4 is 11.6 Å². The standard InChI is InChI=1S/C15H21N5O/c1-4-12-7-5-6-10(2)14(12)18-15(21)11(3)20-13(8-16)9-17-19-20/h5-7,9,11H,4,8,16H2,1-3H3,(H,18,21). The Morgan fingerprint density at radius 2 is 2.24 bits per heavy atom. The predicted molar refractivity (Wildman–Crippen MR) is 81.8 cm³/mol. The van der Waals surface area contributed by atoms with Crippen molar-refractivity contribution in [3.8, 4) is 0 Å². The maximum Gasteiger partial charge on any atom is 0.249 e. The zero-order valence-corrected chi connectivity index (χ0v) is 12.6. The maximum atomic E-state index is 12.5. The van der Waals surface area contributed by atoms with E-state index in [1.165, 1.54) is 0 Å². The fourth-order valence-corrected chi connectivity index (χ4v) is 2.28. The number of amides is 1. The van der Waals surface area contributed by atoms with Gasteiger partial charge in [0.1, 0.15) is 6.04 Å². The molecule has 0 aliphatic carbocycles. The normalized spacial score (nSPS) is 12.2. The largest absolute Gasteiger partial charge is 0.325 e. The quantitative estimate of drug-likeness (QED) is 0.878. The summed E-state index contributed by atoms with van der Waals surface area (Å²) >= 11 is 0. The topological polar surface area (TPSA) is 85.8 Å². The molecule has 0 radical (unpaired) electrons. The third-order valence-corrected chi connectivity index (χ3v) is 3.59. The molecule has 0 aliphatic heterocycles. The number of nitrogens with two attached hydrogens (primary N) is 1. The van der Waals surface area contributed by atoms with Crippen molar-refractivity contribution in [2.24, 2.45) is 5.73 Å². The Balaban J connectivity index is 2.22. The Hall–Kier alpha value is -2.21. The molecule has 0 saturated carbocycles.